The summed E-state index contributed by atoms with van der Waals surface area (Å²) in [6.07, 6.45) is 6.13. The molecule has 0 N–H and O–H groups in total. The first-order chi connectivity index (χ1) is 24.8. The minimum Gasteiger partial charge on any atom is -0.310 e. The van der Waals surface area contributed by atoms with Gasteiger partial charge in [0.2, 0.25) is 0 Å². The summed E-state index contributed by atoms with van der Waals surface area (Å²) < 4.78 is 2.39. The molecule has 8 aromatic rings. The highest BCUT2D eigenvalue weighted by Crippen LogP contribution is 2.50. The molecular weight excluding hydrogens is 605 g/mol. The summed E-state index contributed by atoms with van der Waals surface area (Å²) in [4.78, 5) is 2.47. The van der Waals surface area contributed by atoms with Gasteiger partial charge in [-0.15, -0.1) is 0 Å². The second-order valence-electron chi connectivity index (χ2n) is 13.7. The van der Waals surface area contributed by atoms with E-state index in [1.54, 1.807) is 0 Å². The van der Waals surface area contributed by atoms with E-state index in [1.165, 1.54) is 80.4 Å². The van der Waals surface area contributed by atoms with Gasteiger partial charge in [0, 0.05) is 33.2 Å². The zero-order valence-corrected chi connectivity index (χ0v) is 28.3. The first-order valence-corrected chi connectivity index (χ1v) is 18.0. The van der Waals surface area contributed by atoms with Crippen LogP contribution in [0.15, 0.2) is 182 Å². The van der Waals surface area contributed by atoms with Crippen LogP contribution in [0.2, 0.25) is 0 Å². The van der Waals surface area contributed by atoms with Gasteiger partial charge in [0.1, 0.15) is 0 Å². The van der Waals surface area contributed by atoms with Crippen molar-refractivity contribution in [3.63, 3.8) is 0 Å². The van der Waals surface area contributed by atoms with Crippen molar-refractivity contribution in [1.29, 1.82) is 0 Å². The van der Waals surface area contributed by atoms with Gasteiger partial charge in [0.25, 0.3) is 0 Å². The number of hydrogen-bond donors (Lipinski definition) is 0. The van der Waals surface area contributed by atoms with Crippen molar-refractivity contribution in [2.45, 2.75) is 37.5 Å². The normalized spacial score (nSPS) is 14.2. The second kappa shape index (κ2) is 12.9. The SMILES string of the molecule is c1ccc(N(c2ccc(-c3ccc4c5ccccc5n(-c5ccccc5)c4c3)cc2)c2ccccc2C2(c3ccccc3)CCCCC2)cc1. The summed E-state index contributed by atoms with van der Waals surface area (Å²) in [6, 6.07) is 66.8. The molecule has 0 bridgehead atoms. The largest absolute Gasteiger partial charge is 0.310 e. The molecule has 0 radical (unpaired) electrons. The van der Waals surface area contributed by atoms with E-state index in [4.69, 9.17) is 0 Å². The Balaban J connectivity index is 1.16. The zero-order valence-electron chi connectivity index (χ0n) is 28.3. The molecule has 0 spiro atoms. The van der Waals surface area contributed by atoms with Crippen molar-refractivity contribution in [3.8, 4) is 16.8 Å². The van der Waals surface area contributed by atoms with Gasteiger partial charge < -0.3 is 9.47 Å². The zero-order chi connectivity index (χ0) is 33.3. The van der Waals surface area contributed by atoms with Crippen LogP contribution in [-0.4, -0.2) is 4.57 Å². The Morgan fingerprint density at radius 1 is 0.440 bits per heavy atom. The van der Waals surface area contributed by atoms with Crippen LogP contribution in [-0.2, 0) is 5.41 Å². The third-order valence-corrected chi connectivity index (χ3v) is 10.9. The molecular formula is C48H40N2. The van der Waals surface area contributed by atoms with Gasteiger partial charge in [-0.2, -0.15) is 0 Å². The van der Waals surface area contributed by atoms with E-state index in [1.807, 2.05) is 0 Å². The van der Waals surface area contributed by atoms with Crippen LogP contribution in [0.4, 0.5) is 17.1 Å². The Bertz CT molecular complexity index is 2380. The quantitative estimate of drug-likeness (QED) is 0.168. The summed E-state index contributed by atoms with van der Waals surface area (Å²) in [5.74, 6) is 0. The van der Waals surface area contributed by atoms with Crippen LogP contribution in [0, 0.1) is 0 Å². The van der Waals surface area contributed by atoms with Crippen LogP contribution in [0.5, 0.6) is 0 Å². The van der Waals surface area contributed by atoms with Crippen molar-refractivity contribution in [2.24, 2.45) is 0 Å². The Morgan fingerprint density at radius 2 is 1.02 bits per heavy atom. The minimum absolute atomic E-state index is 0.0182. The molecule has 1 saturated carbocycles. The van der Waals surface area contributed by atoms with E-state index < -0.39 is 0 Å². The third-order valence-electron chi connectivity index (χ3n) is 10.9. The summed E-state index contributed by atoms with van der Waals surface area (Å²) >= 11 is 0. The highest BCUT2D eigenvalue weighted by Gasteiger charge is 2.38. The maximum atomic E-state index is 2.47. The van der Waals surface area contributed by atoms with E-state index in [2.05, 4.69) is 191 Å². The minimum atomic E-state index is -0.0182. The van der Waals surface area contributed by atoms with E-state index in [0.717, 1.165) is 18.5 Å². The molecule has 2 heteroatoms. The molecule has 242 valence electrons. The number of rotatable bonds is 7. The number of para-hydroxylation sites is 4. The molecule has 9 rings (SSSR count). The van der Waals surface area contributed by atoms with Crippen molar-refractivity contribution in [2.75, 3.05) is 4.90 Å². The molecule has 0 atom stereocenters. The lowest BCUT2D eigenvalue weighted by Gasteiger charge is -2.41. The molecule has 0 aliphatic heterocycles. The lowest BCUT2D eigenvalue weighted by atomic mass is 9.64. The second-order valence-corrected chi connectivity index (χ2v) is 13.7. The number of benzene rings is 7. The monoisotopic (exact) mass is 644 g/mol. The first-order valence-electron chi connectivity index (χ1n) is 18.0. The van der Waals surface area contributed by atoms with Crippen molar-refractivity contribution >= 4 is 38.9 Å². The van der Waals surface area contributed by atoms with Crippen molar-refractivity contribution in [3.05, 3.63) is 193 Å². The summed E-state index contributed by atoms with van der Waals surface area (Å²) in [5.41, 5.74) is 12.4. The van der Waals surface area contributed by atoms with Gasteiger partial charge in [-0.25, -0.2) is 0 Å². The molecule has 7 aromatic carbocycles. The highest BCUT2D eigenvalue weighted by atomic mass is 15.1. The molecule has 1 aliphatic rings. The first kappa shape index (κ1) is 30.2. The van der Waals surface area contributed by atoms with E-state index in [0.29, 0.717) is 0 Å². The lowest BCUT2D eigenvalue weighted by molar-refractivity contribution is 0.346. The molecule has 0 unspecified atom stereocenters. The van der Waals surface area contributed by atoms with Gasteiger partial charge in [0.15, 0.2) is 0 Å². The van der Waals surface area contributed by atoms with Gasteiger partial charge in [-0.3, -0.25) is 0 Å². The third kappa shape index (κ3) is 5.20. The molecule has 0 amide bonds. The fraction of sp³-hybridized carbons (Fsp3) is 0.125. The Hall–Kier alpha value is -5.86. The smallest absolute Gasteiger partial charge is 0.0547 e. The summed E-state index contributed by atoms with van der Waals surface area (Å²) in [5, 5.41) is 2.54. The van der Waals surface area contributed by atoms with Crippen LogP contribution in [0.1, 0.15) is 43.2 Å². The number of nitrogens with zero attached hydrogens (tertiary/aromatic N) is 2. The van der Waals surface area contributed by atoms with Crippen LogP contribution in [0.25, 0.3) is 38.6 Å². The summed E-state index contributed by atoms with van der Waals surface area (Å²) in [6.45, 7) is 0. The van der Waals surface area contributed by atoms with Crippen molar-refractivity contribution in [1.82, 2.24) is 4.57 Å². The molecule has 1 aromatic heterocycles. The number of aromatic nitrogens is 1. The molecule has 50 heavy (non-hydrogen) atoms. The van der Waals surface area contributed by atoms with Crippen LogP contribution < -0.4 is 4.90 Å². The van der Waals surface area contributed by atoms with E-state index >= 15 is 0 Å². The number of hydrogen-bond acceptors (Lipinski definition) is 1. The lowest BCUT2D eigenvalue weighted by Crippen LogP contribution is -2.32. The standard InChI is InChI=1S/C48H40N2/c1-5-17-38(18-6-1)48(33-15-4-16-34-48)44-24-12-14-26-46(44)49(39-19-7-2-8-20-39)41-30-27-36(28-31-41)37-29-32-43-42-23-11-13-25-45(42)50(47(43)35-37)40-21-9-3-10-22-40/h1-3,5-14,17-32,35H,4,15-16,33-34H2. The van der Waals surface area contributed by atoms with E-state index in [-0.39, 0.29) is 5.41 Å². The molecule has 0 saturated heterocycles. The van der Waals surface area contributed by atoms with Gasteiger partial charge >= 0.3 is 0 Å². The van der Waals surface area contributed by atoms with Gasteiger partial charge in [-0.05, 0) is 89.7 Å². The van der Waals surface area contributed by atoms with E-state index in [9.17, 15) is 0 Å². The molecule has 1 heterocycles. The molecule has 1 fully saturated rings. The highest BCUT2D eigenvalue weighted by molar-refractivity contribution is 6.10. The fourth-order valence-corrected chi connectivity index (χ4v) is 8.51. The molecule has 1 aliphatic carbocycles. The predicted octanol–water partition coefficient (Wildman–Crippen LogP) is 13.2. The summed E-state index contributed by atoms with van der Waals surface area (Å²) in [7, 11) is 0. The number of anilines is 3. The topological polar surface area (TPSA) is 8.17 Å². The van der Waals surface area contributed by atoms with Gasteiger partial charge in [0.05, 0.1) is 16.7 Å². The molecule has 2 nitrogen and oxygen atoms in total. The number of fused-ring (bicyclic) bond motifs is 3. The van der Waals surface area contributed by atoms with Crippen LogP contribution >= 0.6 is 0 Å². The average molecular weight is 645 g/mol. The maximum absolute atomic E-state index is 2.47. The maximum Gasteiger partial charge on any atom is 0.0547 e. The fourth-order valence-electron chi connectivity index (χ4n) is 8.51. The Labute approximate surface area is 294 Å². The van der Waals surface area contributed by atoms with Gasteiger partial charge in [-0.1, -0.05) is 147 Å². The Kier molecular flexibility index (Phi) is 7.78. The average Bonchev–Trinajstić information content (AvgIpc) is 3.53. The Morgan fingerprint density at radius 3 is 1.78 bits per heavy atom. The van der Waals surface area contributed by atoms with Crippen molar-refractivity contribution < 1.29 is 0 Å². The van der Waals surface area contributed by atoms with Crippen LogP contribution in [0.3, 0.4) is 0 Å². The predicted molar refractivity (Wildman–Crippen MR) is 211 cm³/mol.